The number of hydrogen-bond donors (Lipinski definition) is 2. The molecule has 2 rings (SSSR count). The van der Waals surface area contributed by atoms with Gasteiger partial charge in [-0.25, -0.2) is 9.97 Å². The van der Waals surface area contributed by atoms with E-state index in [1.807, 2.05) is 7.05 Å². The average molecular weight is 271 g/mol. The summed E-state index contributed by atoms with van der Waals surface area (Å²) in [6, 6.07) is 0. The molecule has 0 spiro atoms. The van der Waals surface area contributed by atoms with E-state index in [-0.39, 0.29) is 28.4 Å². The first-order valence-electron chi connectivity index (χ1n) is 5.55. The van der Waals surface area contributed by atoms with Crippen molar-refractivity contribution < 1.29 is 4.79 Å². The summed E-state index contributed by atoms with van der Waals surface area (Å²) in [5.74, 6) is -0.208. The molecule has 2 heterocycles. The molecule has 0 bridgehead atoms. The average Bonchev–Trinajstić information content (AvgIpc) is 2.34. The number of carbonyl (C=O) groups excluding carboxylic acids is 1. The number of aromatic nitrogens is 2. The standard InChI is InChI=1S/C10H15ClN6O/c1-16-2-4-17(5-3-16)10(18)6-8(12)15-9(13)7(11)14-6/h2-5H2,1H3,(H4,12,13,15). The number of hydrogen-bond acceptors (Lipinski definition) is 6. The molecule has 1 aromatic rings. The van der Waals surface area contributed by atoms with Crippen LogP contribution in [0.3, 0.4) is 0 Å². The first-order valence-corrected chi connectivity index (χ1v) is 5.93. The number of anilines is 2. The van der Waals surface area contributed by atoms with Crippen LogP contribution >= 0.6 is 11.6 Å². The number of nitrogen functional groups attached to an aromatic ring is 2. The van der Waals surface area contributed by atoms with Crippen LogP contribution in [0.25, 0.3) is 0 Å². The van der Waals surface area contributed by atoms with Gasteiger partial charge in [-0.1, -0.05) is 11.6 Å². The highest BCUT2D eigenvalue weighted by atomic mass is 35.5. The minimum Gasteiger partial charge on any atom is -0.382 e. The summed E-state index contributed by atoms with van der Waals surface area (Å²) in [6.07, 6.45) is 0. The zero-order valence-electron chi connectivity index (χ0n) is 10.1. The Morgan fingerprint density at radius 1 is 1.17 bits per heavy atom. The lowest BCUT2D eigenvalue weighted by Gasteiger charge is -2.32. The highest BCUT2D eigenvalue weighted by Crippen LogP contribution is 2.19. The van der Waals surface area contributed by atoms with Gasteiger partial charge in [0.25, 0.3) is 5.91 Å². The van der Waals surface area contributed by atoms with Gasteiger partial charge in [0.15, 0.2) is 22.5 Å². The number of amides is 1. The summed E-state index contributed by atoms with van der Waals surface area (Å²) in [4.78, 5) is 23.8. The van der Waals surface area contributed by atoms with Crippen molar-refractivity contribution in [3.05, 3.63) is 10.8 Å². The molecule has 0 saturated carbocycles. The molecule has 18 heavy (non-hydrogen) atoms. The van der Waals surface area contributed by atoms with Gasteiger partial charge in [-0.3, -0.25) is 4.79 Å². The van der Waals surface area contributed by atoms with Gasteiger partial charge in [-0.2, -0.15) is 0 Å². The van der Waals surface area contributed by atoms with Crippen LogP contribution in [-0.4, -0.2) is 58.9 Å². The molecule has 1 amide bonds. The molecule has 8 heteroatoms. The highest BCUT2D eigenvalue weighted by Gasteiger charge is 2.24. The van der Waals surface area contributed by atoms with Crippen LogP contribution in [0.15, 0.2) is 0 Å². The number of piperazine rings is 1. The molecule has 1 aliphatic rings. The first kappa shape index (κ1) is 12.8. The smallest absolute Gasteiger partial charge is 0.276 e. The van der Waals surface area contributed by atoms with E-state index in [1.165, 1.54) is 0 Å². The molecule has 1 aliphatic heterocycles. The molecule has 4 N–H and O–H groups in total. The zero-order chi connectivity index (χ0) is 13.3. The van der Waals surface area contributed by atoms with Gasteiger partial charge in [0.05, 0.1) is 0 Å². The van der Waals surface area contributed by atoms with Gasteiger partial charge in [0.1, 0.15) is 0 Å². The summed E-state index contributed by atoms with van der Waals surface area (Å²) in [6.45, 7) is 2.92. The molecule has 0 unspecified atom stereocenters. The van der Waals surface area contributed by atoms with Crippen LogP contribution in [-0.2, 0) is 0 Å². The predicted molar refractivity (Wildman–Crippen MR) is 69.3 cm³/mol. The van der Waals surface area contributed by atoms with E-state index in [0.29, 0.717) is 13.1 Å². The Hall–Kier alpha value is -1.60. The number of carbonyl (C=O) groups is 1. The van der Waals surface area contributed by atoms with E-state index in [0.717, 1.165) is 13.1 Å². The normalized spacial score (nSPS) is 16.9. The predicted octanol–water partition coefficient (Wildman–Crippen LogP) is -0.318. The molecule has 1 fully saturated rings. The number of nitrogens with zero attached hydrogens (tertiary/aromatic N) is 4. The first-order chi connectivity index (χ1) is 8.49. The fourth-order valence-electron chi connectivity index (χ4n) is 1.76. The molecule has 98 valence electrons. The number of nitrogens with two attached hydrogens (primary N) is 2. The quantitative estimate of drug-likeness (QED) is 0.725. The number of halogens is 1. The highest BCUT2D eigenvalue weighted by molar-refractivity contribution is 6.31. The van der Waals surface area contributed by atoms with E-state index >= 15 is 0 Å². The fourth-order valence-corrected chi connectivity index (χ4v) is 1.89. The minimum absolute atomic E-state index is 0.00155. The molecule has 0 radical (unpaired) electrons. The van der Waals surface area contributed by atoms with Crippen molar-refractivity contribution in [2.45, 2.75) is 0 Å². The second-order valence-electron chi connectivity index (χ2n) is 4.23. The van der Waals surface area contributed by atoms with Crippen molar-refractivity contribution in [3.8, 4) is 0 Å². The van der Waals surface area contributed by atoms with E-state index < -0.39 is 0 Å². The fraction of sp³-hybridized carbons (Fsp3) is 0.500. The molecular formula is C10H15ClN6O. The topological polar surface area (TPSA) is 101 Å². The third-order valence-corrected chi connectivity index (χ3v) is 3.18. The third kappa shape index (κ3) is 2.46. The van der Waals surface area contributed by atoms with Gasteiger partial charge in [-0.15, -0.1) is 0 Å². The van der Waals surface area contributed by atoms with Crippen LogP contribution in [0.2, 0.25) is 5.15 Å². The maximum atomic E-state index is 12.2. The van der Waals surface area contributed by atoms with E-state index in [1.54, 1.807) is 4.90 Å². The number of rotatable bonds is 1. The zero-order valence-corrected chi connectivity index (χ0v) is 10.8. The molecule has 1 aromatic heterocycles. The maximum Gasteiger partial charge on any atom is 0.276 e. The largest absolute Gasteiger partial charge is 0.382 e. The minimum atomic E-state index is -0.255. The lowest BCUT2D eigenvalue weighted by atomic mass is 10.3. The van der Waals surface area contributed by atoms with Crippen molar-refractivity contribution >= 4 is 29.1 Å². The van der Waals surface area contributed by atoms with Crippen LogP contribution in [0.5, 0.6) is 0 Å². The second kappa shape index (κ2) is 4.95. The van der Waals surface area contributed by atoms with Crippen LogP contribution in [0, 0.1) is 0 Å². The van der Waals surface area contributed by atoms with Gasteiger partial charge >= 0.3 is 0 Å². The molecule has 0 aliphatic carbocycles. The van der Waals surface area contributed by atoms with Crippen LogP contribution in [0.1, 0.15) is 10.5 Å². The van der Waals surface area contributed by atoms with Crippen molar-refractivity contribution in [2.75, 3.05) is 44.7 Å². The second-order valence-corrected chi connectivity index (χ2v) is 4.59. The Balaban J connectivity index is 2.21. The van der Waals surface area contributed by atoms with Gasteiger partial charge in [-0.05, 0) is 7.05 Å². The molecule has 0 atom stereocenters. The van der Waals surface area contributed by atoms with E-state index in [4.69, 9.17) is 23.1 Å². The summed E-state index contributed by atoms with van der Waals surface area (Å²) >= 11 is 5.76. The Bertz CT molecular complexity index is 472. The van der Waals surface area contributed by atoms with Crippen molar-refractivity contribution in [2.24, 2.45) is 0 Å². The summed E-state index contributed by atoms with van der Waals surface area (Å²) in [7, 11) is 2.01. The van der Waals surface area contributed by atoms with Gasteiger partial charge in [0.2, 0.25) is 0 Å². The summed E-state index contributed by atoms with van der Waals surface area (Å²) < 4.78 is 0. The molecule has 0 aromatic carbocycles. The SMILES string of the molecule is CN1CCN(C(=O)c2nc(Cl)c(N)nc2N)CC1. The third-order valence-electron chi connectivity index (χ3n) is 2.90. The molecular weight excluding hydrogens is 256 g/mol. The lowest BCUT2D eigenvalue weighted by Crippen LogP contribution is -2.47. The lowest BCUT2D eigenvalue weighted by molar-refractivity contribution is 0.0659. The Morgan fingerprint density at radius 2 is 1.78 bits per heavy atom. The Labute approximate surface area is 110 Å². The Morgan fingerprint density at radius 3 is 2.39 bits per heavy atom. The maximum absolute atomic E-state index is 12.2. The molecule has 1 saturated heterocycles. The summed E-state index contributed by atoms with van der Waals surface area (Å²) in [5, 5.41) is 0.00155. The van der Waals surface area contributed by atoms with Gasteiger partial charge in [0, 0.05) is 26.2 Å². The monoisotopic (exact) mass is 270 g/mol. The van der Waals surface area contributed by atoms with Gasteiger partial charge < -0.3 is 21.3 Å². The van der Waals surface area contributed by atoms with E-state index in [9.17, 15) is 4.79 Å². The molecule has 7 nitrogen and oxygen atoms in total. The van der Waals surface area contributed by atoms with Crippen LogP contribution < -0.4 is 11.5 Å². The van der Waals surface area contributed by atoms with Crippen molar-refractivity contribution in [1.29, 1.82) is 0 Å². The van der Waals surface area contributed by atoms with Crippen molar-refractivity contribution in [1.82, 2.24) is 19.8 Å². The van der Waals surface area contributed by atoms with E-state index in [2.05, 4.69) is 14.9 Å². The van der Waals surface area contributed by atoms with Crippen LogP contribution in [0.4, 0.5) is 11.6 Å². The Kier molecular flexibility index (Phi) is 3.53. The summed E-state index contributed by atoms with van der Waals surface area (Å²) in [5.41, 5.74) is 11.2. The number of likely N-dealkylation sites (N-methyl/N-ethyl adjacent to an activating group) is 1. The van der Waals surface area contributed by atoms with Crippen molar-refractivity contribution in [3.63, 3.8) is 0 Å².